The van der Waals surface area contributed by atoms with Gasteiger partial charge >= 0.3 is 0 Å². The van der Waals surface area contributed by atoms with Gasteiger partial charge < -0.3 is 14.6 Å². The number of halogens is 1. The van der Waals surface area contributed by atoms with Crippen molar-refractivity contribution in [2.24, 2.45) is 0 Å². The molecule has 0 bridgehead atoms. The molecule has 0 saturated carbocycles. The maximum absolute atomic E-state index is 12.0. The number of hydrogen-bond acceptors (Lipinski definition) is 4. The number of nitrogens with one attached hydrogen (secondary N) is 1. The minimum absolute atomic E-state index is 0.140. The molecule has 2 aromatic rings. The summed E-state index contributed by atoms with van der Waals surface area (Å²) in [6, 6.07) is 3.51. The smallest absolute Gasteiger partial charge is 0.273 e. The van der Waals surface area contributed by atoms with E-state index in [0.717, 1.165) is 5.39 Å². The Morgan fingerprint density at radius 3 is 2.94 bits per heavy atom. The summed E-state index contributed by atoms with van der Waals surface area (Å²) in [4.78, 5) is 20.9. The molecular formula is C12H12ClN3O2. The molecule has 0 spiro atoms. The molecule has 1 saturated heterocycles. The highest BCUT2D eigenvalue weighted by Gasteiger charge is 2.15. The summed E-state index contributed by atoms with van der Waals surface area (Å²) < 4.78 is 5.28. The van der Waals surface area contributed by atoms with Crippen LogP contribution in [0.2, 0.25) is 5.02 Å². The predicted octanol–water partition coefficient (Wildman–Crippen LogP) is 1.41. The van der Waals surface area contributed by atoms with Gasteiger partial charge in [0, 0.05) is 24.7 Å². The third-order valence-electron chi connectivity index (χ3n) is 3.03. The number of anilines is 1. The molecular weight excluding hydrogens is 254 g/mol. The molecule has 0 amide bonds. The molecule has 0 radical (unpaired) electrons. The third kappa shape index (κ3) is 1.95. The Hall–Kier alpha value is -1.59. The van der Waals surface area contributed by atoms with Crippen LogP contribution >= 0.6 is 11.6 Å². The van der Waals surface area contributed by atoms with Gasteiger partial charge in [-0.25, -0.2) is 4.98 Å². The van der Waals surface area contributed by atoms with Gasteiger partial charge in [-0.05, 0) is 12.1 Å². The van der Waals surface area contributed by atoms with Crippen LogP contribution in [-0.2, 0) is 4.74 Å². The van der Waals surface area contributed by atoms with Gasteiger partial charge in [0.25, 0.3) is 5.56 Å². The van der Waals surface area contributed by atoms with E-state index in [1.54, 1.807) is 18.3 Å². The van der Waals surface area contributed by atoms with Gasteiger partial charge in [0.15, 0.2) is 0 Å². The van der Waals surface area contributed by atoms with Gasteiger partial charge in [-0.2, -0.15) is 0 Å². The molecule has 1 fully saturated rings. The second-order valence-corrected chi connectivity index (χ2v) is 4.55. The van der Waals surface area contributed by atoms with Gasteiger partial charge in [0.05, 0.1) is 18.2 Å². The molecule has 3 heterocycles. The fourth-order valence-electron chi connectivity index (χ4n) is 2.10. The number of hydrogen-bond donors (Lipinski definition) is 1. The molecule has 1 N–H and O–H groups in total. The van der Waals surface area contributed by atoms with E-state index in [0.29, 0.717) is 42.7 Å². The summed E-state index contributed by atoms with van der Waals surface area (Å²) in [6.45, 7) is 2.70. The SMILES string of the molecule is O=c1[nH]c2nccc(Cl)c2cc1N1CCOCC1. The fraction of sp³-hybridized carbons (Fsp3) is 0.333. The highest BCUT2D eigenvalue weighted by Crippen LogP contribution is 2.22. The molecule has 3 rings (SSSR count). The van der Waals surface area contributed by atoms with Crippen molar-refractivity contribution in [3.05, 3.63) is 33.7 Å². The Kier molecular flexibility index (Phi) is 2.93. The average molecular weight is 266 g/mol. The fourth-order valence-corrected chi connectivity index (χ4v) is 2.30. The average Bonchev–Trinajstić information content (AvgIpc) is 2.39. The van der Waals surface area contributed by atoms with Crippen LogP contribution in [0.15, 0.2) is 23.1 Å². The van der Waals surface area contributed by atoms with Gasteiger partial charge in [-0.15, -0.1) is 0 Å². The van der Waals surface area contributed by atoms with Gasteiger partial charge in [0.2, 0.25) is 0 Å². The lowest BCUT2D eigenvalue weighted by atomic mass is 10.2. The number of pyridine rings is 2. The van der Waals surface area contributed by atoms with Crippen molar-refractivity contribution in [1.29, 1.82) is 0 Å². The zero-order valence-corrected chi connectivity index (χ0v) is 10.4. The van der Waals surface area contributed by atoms with Crippen LogP contribution in [0.1, 0.15) is 0 Å². The summed E-state index contributed by atoms with van der Waals surface area (Å²) >= 11 is 6.12. The first kappa shape index (κ1) is 11.5. The van der Waals surface area contributed by atoms with Crippen LogP contribution in [0, 0.1) is 0 Å². The first-order valence-electron chi connectivity index (χ1n) is 5.76. The highest BCUT2D eigenvalue weighted by atomic mass is 35.5. The maximum atomic E-state index is 12.0. The molecule has 0 atom stereocenters. The normalized spacial score (nSPS) is 16.2. The van der Waals surface area contributed by atoms with Crippen LogP contribution in [0.3, 0.4) is 0 Å². The first-order valence-corrected chi connectivity index (χ1v) is 6.14. The number of nitrogens with zero attached hydrogens (tertiary/aromatic N) is 2. The number of ether oxygens (including phenoxy) is 1. The molecule has 1 aliphatic rings. The van der Waals surface area contributed by atoms with E-state index in [-0.39, 0.29) is 5.56 Å². The van der Waals surface area contributed by atoms with Crippen molar-refractivity contribution in [3.63, 3.8) is 0 Å². The molecule has 1 aliphatic heterocycles. The summed E-state index contributed by atoms with van der Waals surface area (Å²) in [6.07, 6.45) is 1.58. The minimum atomic E-state index is -0.140. The lowest BCUT2D eigenvalue weighted by molar-refractivity contribution is 0.122. The van der Waals surface area contributed by atoms with E-state index in [9.17, 15) is 4.79 Å². The van der Waals surface area contributed by atoms with Crippen molar-refractivity contribution in [2.45, 2.75) is 0 Å². The molecule has 6 heteroatoms. The quantitative estimate of drug-likeness (QED) is 0.847. The standard InChI is InChI=1S/C12H12ClN3O2/c13-9-1-2-14-11-8(9)7-10(12(17)15-11)16-3-5-18-6-4-16/h1-2,7H,3-6H2,(H,14,15,17). The Morgan fingerprint density at radius 1 is 1.39 bits per heavy atom. The van der Waals surface area contributed by atoms with Crippen molar-refractivity contribution in [1.82, 2.24) is 9.97 Å². The van der Waals surface area contributed by atoms with Gasteiger partial charge in [-0.1, -0.05) is 11.6 Å². The largest absolute Gasteiger partial charge is 0.378 e. The number of H-pyrrole nitrogens is 1. The number of morpholine rings is 1. The number of rotatable bonds is 1. The van der Waals surface area contributed by atoms with Gasteiger partial charge in [-0.3, -0.25) is 4.79 Å². The van der Waals surface area contributed by atoms with E-state index >= 15 is 0 Å². The second-order valence-electron chi connectivity index (χ2n) is 4.14. The molecule has 18 heavy (non-hydrogen) atoms. The van der Waals surface area contributed by atoms with Crippen LogP contribution in [-0.4, -0.2) is 36.3 Å². The van der Waals surface area contributed by atoms with Crippen LogP contribution in [0.25, 0.3) is 11.0 Å². The van der Waals surface area contributed by atoms with E-state index in [4.69, 9.17) is 16.3 Å². The maximum Gasteiger partial charge on any atom is 0.273 e. The number of fused-ring (bicyclic) bond motifs is 1. The third-order valence-corrected chi connectivity index (χ3v) is 3.36. The summed E-state index contributed by atoms with van der Waals surface area (Å²) in [5.41, 5.74) is 1.00. The Balaban J connectivity index is 2.14. The molecule has 2 aromatic heterocycles. The summed E-state index contributed by atoms with van der Waals surface area (Å²) in [7, 11) is 0. The topological polar surface area (TPSA) is 58.2 Å². The predicted molar refractivity (Wildman–Crippen MR) is 70.4 cm³/mol. The van der Waals surface area contributed by atoms with Crippen molar-refractivity contribution in [2.75, 3.05) is 31.2 Å². The highest BCUT2D eigenvalue weighted by molar-refractivity contribution is 6.35. The van der Waals surface area contributed by atoms with E-state index in [1.165, 1.54) is 0 Å². The van der Waals surface area contributed by atoms with Crippen molar-refractivity contribution in [3.8, 4) is 0 Å². The summed E-state index contributed by atoms with van der Waals surface area (Å²) in [5, 5.41) is 1.35. The van der Waals surface area contributed by atoms with E-state index in [2.05, 4.69) is 9.97 Å². The number of aromatic amines is 1. The van der Waals surface area contributed by atoms with Gasteiger partial charge in [0.1, 0.15) is 11.3 Å². The first-order chi connectivity index (χ1) is 8.75. The van der Waals surface area contributed by atoms with E-state index < -0.39 is 0 Å². The molecule has 0 aromatic carbocycles. The Bertz CT molecular complexity index is 635. The Morgan fingerprint density at radius 2 is 2.17 bits per heavy atom. The lowest BCUT2D eigenvalue weighted by Gasteiger charge is -2.28. The molecule has 0 unspecified atom stereocenters. The van der Waals surface area contributed by atoms with Crippen LogP contribution in [0.4, 0.5) is 5.69 Å². The lowest BCUT2D eigenvalue weighted by Crippen LogP contribution is -2.39. The zero-order valence-electron chi connectivity index (χ0n) is 9.65. The molecule has 0 aliphatic carbocycles. The minimum Gasteiger partial charge on any atom is -0.378 e. The van der Waals surface area contributed by atoms with E-state index in [1.807, 2.05) is 4.90 Å². The van der Waals surface area contributed by atoms with Crippen LogP contribution < -0.4 is 10.5 Å². The zero-order chi connectivity index (χ0) is 12.5. The summed E-state index contributed by atoms with van der Waals surface area (Å²) in [5.74, 6) is 0. The molecule has 94 valence electrons. The van der Waals surface area contributed by atoms with Crippen molar-refractivity contribution < 1.29 is 4.74 Å². The van der Waals surface area contributed by atoms with Crippen molar-refractivity contribution >= 4 is 28.3 Å². The molecule has 5 nitrogen and oxygen atoms in total. The Labute approximate surface area is 108 Å². The monoisotopic (exact) mass is 265 g/mol. The second kappa shape index (κ2) is 4.59. The number of aromatic nitrogens is 2. The van der Waals surface area contributed by atoms with Crippen LogP contribution in [0.5, 0.6) is 0 Å².